The minimum absolute atomic E-state index is 0.0411. The van der Waals surface area contributed by atoms with Crippen LogP contribution in [0, 0.1) is 11.3 Å². The van der Waals surface area contributed by atoms with Crippen LogP contribution in [-0.2, 0) is 9.59 Å². The molecule has 4 heteroatoms. The van der Waals surface area contributed by atoms with Crippen molar-refractivity contribution in [3.8, 4) is 0 Å². The lowest BCUT2D eigenvalue weighted by Gasteiger charge is -2.25. The molecule has 1 aliphatic carbocycles. The van der Waals surface area contributed by atoms with Crippen LogP contribution in [0.5, 0.6) is 0 Å². The van der Waals surface area contributed by atoms with Gasteiger partial charge < -0.3 is 10.4 Å². The molecule has 0 aromatic carbocycles. The van der Waals surface area contributed by atoms with E-state index in [1.165, 1.54) is 38.5 Å². The zero-order valence-corrected chi connectivity index (χ0v) is 12.4. The zero-order valence-electron chi connectivity index (χ0n) is 12.4. The van der Waals surface area contributed by atoms with Gasteiger partial charge in [0, 0.05) is 12.5 Å². The average molecular weight is 269 g/mol. The largest absolute Gasteiger partial charge is 0.481 e. The molecular formula is C15H27NO3. The first-order chi connectivity index (χ1) is 8.83. The first-order valence-corrected chi connectivity index (χ1v) is 7.35. The summed E-state index contributed by atoms with van der Waals surface area (Å²) in [6.45, 7) is 5.22. The van der Waals surface area contributed by atoms with Crippen LogP contribution >= 0.6 is 0 Å². The van der Waals surface area contributed by atoms with E-state index < -0.39 is 11.4 Å². The predicted octanol–water partition coefficient (Wildman–Crippen LogP) is 2.96. The van der Waals surface area contributed by atoms with Gasteiger partial charge in [-0.3, -0.25) is 9.59 Å². The highest BCUT2D eigenvalue weighted by Crippen LogP contribution is 2.26. The van der Waals surface area contributed by atoms with E-state index in [0.29, 0.717) is 5.92 Å². The quantitative estimate of drug-likeness (QED) is 0.754. The molecule has 1 aliphatic rings. The van der Waals surface area contributed by atoms with Crippen molar-refractivity contribution in [3.05, 3.63) is 0 Å². The van der Waals surface area contributed by atoms with Gasteiger partial charge in [0.15, 0.2) is 0 Å². The lowest BCUT2D eigenvalue weighted by Crippen LogP contribution is -2.41. The molecule has 110 valence electrons. The molecule has 0 bridgehead atoms. The predicted molar refractivity (Wildman–Crippen MR) is 74.8 cm³/mol. The summed E-state index contributed by atoms with van der Waals surface area (Å²) in [5, 5.41) is 12.0. The molecule has 0 radical (unpaired) electrons. The molecule has 1 atom stereocenters. The van der Waals surface area contributed by atoms with Crippen LogP contribution in [-0.4, -0.2) is 23.0 Å². The van der Waals surface area contributed by atoms with E-state index in [-0.39, 0.29) is 18.4 Å². The zero-order chi connectivity index (χ0) is 14.5. The molecule has 19 heavy (non-hydrogen) atoms. The minimum atomic E-state index is -0.993. The highest BCUT2D eigenvalue weighted by Gasteiger charge is 2.31. The Hall–Kier alpha value is -1.06. The second-order valence-electron chi connectivity index (χ2n) is 6.47. The van der Waals surface area contributed by atoms with Crippen LogP contribution < -0.4 is 5.32 Å². The molecule has 2 N–H and O–H groups in total. The average Bonchev–Trinajstić information content (AvgIpc) is 2.56. The molecule has 0 spiro atoms. The van der Waals surface area contributed by atoms with E-state index in [2.05, 4.69) is 5.32 Å². The number of nitrogens with one attached hydrogen (secondary N) is 1. The molecular weight excluding hydrogens is 242 g/mol. The highest BCUT2D eigenvalue weighted by molar-refractivity contribution is 5.84. The smallest absolute Gasteiger partial charge is 0.309 e. The van der Waals surface area contributed by atoms with Crippen LogP contribution in [0.4, 0.5) is 0 Å². The summed E-state index contributed by atoms with van der Waals surface area (Å²) >= 11 is 0. The van der Waals surface area contributed by atoms with Gasteiger partial charge in [0.2, 0.25) is 5.91 Å². The molecule has 0 aromatic heterocycles. The molecule has 4 nitrogen and oxygen atoms in total. The second-order valence-corrected chi connectivity index (χ2v) is 6.47. The van der Waals surface area contributed by atoms with E-state index in [9.17, 15) is 9.59 Å². The molecule has 0 unspecified atom stereocenters. The van der Waals surface area contributed by atoms with Crippen molar-refractivity contribution < 1.29 is 14.7 Å². The van der Waals surface area contributed by atoms with Gasteiger partial charge in [0.1, 0.15) is 0 Å². The van der Waals surface area contributed by atoms with E-state index in [1.807, 2.05) is 6.92 Å². The monoisotopic (exact) mass is 269 g/mol. The fourth-order valence-corrected chi connectivity index (χ4v) is 2.71. The molecule has 0 aromatic rings. The van der Waals surface area contributed by atoms with Crippen molar-refractivity contribution >= 4 is 11.9 Å². The number of aliphatic carboxylic acids is 1. The maximum absolute atomic E-state index is 11.9. The molecule has 0 saturated heterocycles. The third-order valence-corrected chi connectivity index (χ3v) is 4.18. The van der Waals surface area contributed by atoms with Crippen molar-refractivity contribution in [2.75, 3.05) is 0 Å². The summed E-state index contributed by atoms with van der Waals surface area (Å²) < 4.78 is 0. The third kappa shape index (κ3) is 5.21. The summed E-state index contributed by atoms with van der Waals surface area (Å²) in [6.07, 6.45) is 7.45. The van der Waals surface area contributed by atoms with Crippen LogP contribution in [0.15, 0.2) is 0 Å². The summed E-state index contributed by atoms with van der Waals surface area (Å²) in [5.74, 6) is -0.534. The first-order valence-electron chi connectivity index (χ1n) is 7.35. The van der Waals surface area contributed by atoms with Gasteiger partial charge in [0.05, 0.1) is 5.41 Å². The topological polar surface area (TPSA) is 66.4 Å². The van der Waals surface area contributed by atoms with Crippen molar-refractivity contribution in [1.82, 2.24) is 5.32 Å². The van der Waals surface area contributed by atoms with Crippen LogP contribution in [0.1, 0.15) is 65.7 Å². The minimum Gasteiger partial charge on any atom is -0.481 e. The summed E-state index contributed by atoms with van der Waals surface area (Å²) in [7, 11) is 0. The number of carbonyl (C=O) groups is 2. The molecule has 1 rings (SSSR count). The van der Waals surface area contributed by atoms with Crippen molar-refractivity contribution in [3.63, 3.8) is 0 Å². The summed E-state index contributed by atoms with van der Waals surface area (Å²) in [5.41, 5.74) is -0.993. The maximum Gasteiger partial charge on any atom is 0.309 e. The lowest BCUT2D eigenvalue weighted by atomic mass is 9.88. The first kappa shape index (κ1) is 16.0. The second kappa shape index (κ2) is 6.92. The van der Waals surface area contributed by atoms with Crippen LogP contribution in [0.2, 0.25) is 0 Å². The fraction of sp³-hybridized carbons (Fsp3) is 0.867. The Morgan fingerprint density at radius 1 is 1.21 bits per heavy atom. The van der Waals surface area contributed by atoms with Crippen LogP contribution in [0.3, 0.4) is 0 Å². The fourth-order valence-electron chi connectivity index (χ4n) is 2.71. The molecule has 1 amide bonds. The molecule has 1 fully saturated rings. The normalized spacial score (nSPS) is 19.5. The van der Waals surface area contributed by atoms with Gasteiger partial charge in [-0.25, -0.2) is 0 Å². The van der Waals surface area contributed by atoms with Gasteiger partial charge in [-0.05, 0) is 39.5 Å². The Kier molecular flexibility index (Phi) is 5.83. The van der Waals surface area contributed by atoms with E-state index in [0.717, 1.165) is 0 Å². The Bertz CT molecular complexity index is 317. The van der Waals surface area contributed by atoms with Crippen molar-refractivity contribution in [2.24, 2.45) is 11.3 Å². The standard InChI is InChI=1S/C15H27NO3/c1-11(12-8-6-4-5-7-9-12)16-13(17)10-15(2,3)14(18)19/h11-12H,4-10H2,1-3H3,(H,16,17)(H,18,19)/t11-/m1/s1. The Balaban J connectivity index is 2.44. The number of amides is 1. The number of carboxylic acids is 1. The summed E-state index contributed by atoms with van der Waals surface area (Å²) in [6, 6.07) is 0.148. The van der Waals surface area contributed by atoms with Gasteiger partial charge in [-0.1, -0.05) is 25.7 Å². The maximum atomic E-state index is 11.9. The molecule has 0 heterocycles. The van der Waals surface area contributed by atoms with E-state index in [4.69, 9.17) is 5.11 Å². The number of hydrogen-bond donors (Lipinski definition) is 2. The highest BCUT2D eigenvalue weighted by atomic mass is 16.4. The van der Waals surface area contributed by atoms with Gasteiger partial charge >= 0.3 is 5.97 Å². The summed E-state index contributed by atoms with van der Waals surface area (Å²) in [4.78, 5) is 22.9. The van der Waals surface area contributed by atoms with Crippen molar-refractivity contribution in [2.45, 2.75) is 71.8 Å². The van der Waals surface area contributed by atoms with E-state index >= 15 is 0 Å². The number of carboxylic acid groups (broad SMARTS) is 1. The Morgan fingerprint density at radius 3 is 2.21 bits per heavy atom. The Labute approximate surface area is 116 Å². The van der Waals surface area contributed by atoms with Gasteiger partial charge in [-0.15, -0.1) is 0 Å². The molecule has 1 saturated carbocycles. The lowest BCUT2D eigenvalue weighted by molar-refractivity contribution is -0.149. The number of carbonyl (C=O) groups excluding carboxylic acids is 1. The Morgan fingerprint density at radius 2 is 1.74 bits per heavy atom. The van der Waals surface area contributed by atoms with E-state index in [1.54, 1.807) is 13.8 Å². The number of rotatable bonds is 5. The van der Waals surface area contributed by atoms with Crippen molar-refractivity contribution in [1.29, 1.82) is 0 Å². The van der Waals surface area contributed by atoms with Gasteiger partial charge in [-0.2, -0.15) is 0 Å². The number of hydrogen-bond acceptors (Lipinski definition) is 2. The van der Waals surface area contributed by atoms with Gasteiger partial charge in [0.25, 0.3) is 0 Å². The molecule has 0 aliphatic heterocycles. The third-order valence-electron chi connectivity index (χ3n) is 4.18. The van der Waals surface area contributed by atoms with Crippen LogP contribution in [0.25, 0.3) is 0 Å². The SMILES string of the molecule is C[C@@H](NC(=O)CC(C)(C)C(=O)O)C1CCCCCC1.